The first kappa shape index (κ1) is 39.0. The van der Waals surface area contributed by atoms with Crippen molar-refractivity contribution in [1.29, 1.82) is 0 Å². The molecule has 0 heterocycles. The average Bonchev–Trinajstić information content (AvgIpc) is 2.88. The molecule has 238 valence electrons. The molecule has 0 aromatic heterocycles. The number of phosphoric ester groups is 1. The fourth-order valence-electron chi connectivity index (χ4n) is 4.07. The van der Waals surface area contributed by atoms with Crippen molar-refractivity contribution in [3.05, 3.63) is 0 Å². The SMILES string of the molecule is CCCCCCCCCCCCCCC(=O)O[C@H](COC(=O)CCCCCC)COP(=O)(O)OCC[N+](C)(C)C. The molecule has 0 aliphatic rings. The number of likely N-dealkylation sites (N-methyl/N-ethyl adjacent to an activating group) is 1. The maximum absolute atomic E-state index is 12.4. The minimum Gasteiger partial charge on any atom is -0.462 e. The normalized spacial score (nSPS) is 14.1. The van der Waals surface area contributed by atoms with Crippen molar-refractivity contribution in [3.63, 3.8) is 0 Å². The zero-order chi connectivity index (χ0) is 30.1. The number of rotatable bonds is 28. The van der Waals surface area contributed by atoms with Crippen molar-refractivity contribution in [1.82, 2.24) is 0 Å². The topological polar surface area (TPSA) is 108 Å². The Hall–Kier alpha value is -0.990. The van der Waals surface area contributed by atoms with Crippen molar-refractivity contribution in [2.45, 2.75) is 136 Å². The Bertz CT molecular complexity index is 683. The molecule has 2 atom stereocenters. The number of quaternary nitrogens is 1. The molecule has 0 bridgehead atoms. The summed E-state index contributed by atoms with van der Waals surface area (Å²) in [4.78, 5) is 34.6. The first-order valence-electron chi connectivity index (χ1n) is 15.8. The van der Waals surface area contributed by atoms with E-state index < -0.39 is 26.5 Å². The van der Waals surface area contributed by atoms with Gasteiger partial charge in [0.15, 0.2) is 6.10 Å². The van der Waals surface area contributed by atoms with Gasteiger partial charge >= 0.3 is 19.8 Å². The van der Waals surface area contributed by atoms with Crippen LogP contribution in [0.15, 0.2) is 0 Å². The maximum atomic E-state index is 12.4. The summed E-state index contributed by atoms with van der Waals surface area (Å²) in [5, 5.41) is 0. The van der Waals surface area contributed by atoms with E-state index >= 15 is 0 Å². The summed E-state index contributed by atoms with van der Waals surface area (Å²) >= 11 is 0. The van der Waals surface area contributed by atoms with E-state index in [4.69, 9.17) is 18.5 Å². The van der Waals surface area contributed by atoms with E-state index in [-0.39, 0.29) is 32.0 Å². The lowest BCUT2D eigenvalue weighted by Gasteiger charge is -2.24. The Morgan fingerprint density at radius 2 is 1.12 bits per heavy atom. The van der Waals surface area contributed by atoms with Gasteiger partial charge < -0.3 is 18.9 Å². The number of phosphoric acid groups is 1. The van der Waals surface area contributed by atoms with E-state index in [1.54, 1.807) is 0 Å². The smallest absolute Gasteiger partial charge is 0.462 e. The quantitative estimate of drug-likeness (QED) is 0.0434. The summed E-state index contributed by atoms with van der Waals surface area (Å²) in [5.41, 5.74) is 0. The Labute approximate surface area is 244 Å². The number of carbonyl (C=O) groups is 2. The van der Waals surface area contributed by atoms with Crippen LogP contribution in [0.3, 0.4) is 0 Å². The van der Waals surface area contributed by atoms with Gasteiger partial charge in [0.05, 0.1) is 27.7 Å². The lowest BCUT2D eigenvalue weighted by Crippen LogP contribution is -2.37. The number of ether oxygens (including phenoxy) is 2. The summed E-state index contributed by atoms with van der Waals surface area (Å²) in [5.74, 6) is -0.817. The van der Waals surface area contributed by atoms with E-state index in [1.165, 1.54) is 57.8 Å². The largest absolute Gasteiger partial charge is 0.472 e. The molecule has 0 aliphatic heterocycles. The fraction of sp³-hybridized carbons (Fsp3) is 0.933. The van der Waals surface area contributed by atoms with Gasteiger partial charge in [-0.15, -0.1) is 0 Å². The number of carbonyl (C=O) groups excluding carboxylic acids is 2. The third kappa shape index (κ3) is 27.2. The molecule has 9 nitrogen and oxygen atoms in total. The minimum atomic E-state index is -4.34. The standard InChI is InChI=1S/C30H60NO8P/c1-6-8-10-12-13-14-15-16-17-18-19-21-23-30(33)39-28(26-36-29(32)22-20-11-9-7-2)27-38-40(34,35)37-25-24-31(3,4)5/h28H,6-27H2,1-5H3/p+1/t28-/m1/s1. The molecule has 0 rings (SSSR count). The molecule has 0 aromatic rings. The minimum absolute atomic E-state index is 0.0352. The van der Waals surface area contributed by atoms with Crippen LogP contribution in [0.5, 0.6) is 0 Å². The Balaban J connectivity index is 4.42. The highest BCUT2D eigenvalue weighted by Gasteiger charge is 2.27. The van der Waals surface area contributed by atoms with E-state index in [0.717, 1.165) is 38.5 Å². The lowest BCUT2D eigenvalue weighted by atomic mass is 10.0. The van der Waals surface area contributed by atoms with Gasteiger partial charge in [0.2, 0.25) is 0 Å². The van der Waals surface area contributed by atoms with E-state index in [1.807, 2.05) is 21.1 Å². The molecule has 0 amide bonds. The summed E-state index contributed by atoms with van der Waals surface area (Å²) in [6.07, 6.45) is 17.8. The first-order valence-corrected chi connectivity index (χ1v) is 17.3. The van der Waals surface area contributed by atoms with Crippen LogP contribution in [-0.2, 0) is 32.7 Å². The van der Waals surface area contributed by atoms with Gasteiger partial charge in [0.1, 0.15) is 19.8 Å². The second kappa shape index (κ2) is 24.6. The Morgan fingerprint density at radius 3 is 1.62 bits per heavy atom. The van der Waals surface area contributed by atoms with Crippen LogP contribution < -0.4 is 0 Å². The molecule has 0 aliphatic carbocycles. The zero-order valence-corrected chi connectivity index (χ0v) is 27.2. The number of nitrogens with zero attached hydrogens (tertiary/aromatic N) is 1. The van der Waals surface area contributed by atoms with Gasteiger partial charge in [-0.25, -0.2) is 4.57 Å². The van der Waals surface area contributed by atoms with Gasteiger partial charge in [0.25, 0.3) is 0 Å². The molecule has 10 heteroatoms. The number of unbranched alkanes of at least 4 members (excludes halogenated alkanes) is 14. The molecule has 0 fully saturated rings. The lowest BCUT2D eigenvalue weighted by molar-refractivity contribution is -0.870. The second-order valence-corrected chi connectivity index (χ2v) is 13.3. The van der Waals surface area contributed by atoms with Gasteiger partial charge in [0, 0.05) is 12.8 Å². The highest BCUT2D eigenvalue weighted by atomic mass is 31.2. The van der Waals surface area contributed by atoms with E-state index in [9.17, 15) is 19.0 Å². The summed E-state index contributed by atoms with van der Waals surface area (Å²) in [6.45, 7) is 4.26. The third-order valence-corrected chi connectivity index (χ3v) is 7.62. The molecule has 0 saturated carbocycles. The highest BCUT2D eigenvalue weighted by molar-refractivity contribution is 7.47. The van der Waals surface area contributed by atoms with Crippen molar-refractivity contribution < 1.29 is 42.1 Å². The molecule has 0 saturated heterocycles. The molecule has 0 radical (unpaired) electrons. The van der Waals surface area contributed by atoms with Crippen LogP contribution >= 0.6 is 7.82 Å². The van der Waals surface area contributed by atoms with Gasteiger partial charge in [-0.3, -0.25) is 18.6 Å². The van der Waals surface area contributed by atoms with Gasteiger partial charge in [-0.2, -0.15) is 0 Å². The summed E-state index contributed by atoms with van der Waals surface area (Å²) in [7, 11) is 1.48. The Kier molecular flexibility index (Phi) is 24.0. The fourth-order valence-corrected chi connectivity index (χ4v) is 4.81. The van der Waals surface area contributed by atoms with E-state index in [0.29, 0.717) is 17.4 Å². The number of hydrogen-bond donors (Lipinski definition) is 1. The third-order valence-electron chi connectivity index (χ3n) is 6.64. The molecule has 1 unspecified atom stereocenters. The van der Waals surface area contributed by atoms with Crippen molar-refractivity contribution >= 4 is 19.8 Å². The molecule has 40 heavy (non-hydrogen) atoms. The van der Waals surface area contributed by atoms with Crippen LogP contribution in [0.2, 0.25) is 0 Å². The van der Waals surface area contributed by atoms with Crippen molar-refractivity contribution in [2.75, 3.05) is 47.5 Å². The predicted octanol–water partition coefficient (Wildman–Crippen LogP) is 7.34. The van der Waals surface area contributed by atoms with Crippen LogP contribution in [0.4, 0.5) is 0 Å². The maximum Gasteiger partial charge on any atom is 0.472 e. The summed E-state index contributed by atoms with van der Waals surface area (Å²) in [6, 6.07) is 0. The Morgan fingerprint density at radius 1 is 0.675 bits per heavy atom. The molecule has 0 aromatic carbocycles. The molecule has 0 spiro atoms. The second-order valence-electron chi connectivity index (χ2n) is 11.9. The number of esters is 2. The average molecular weight is 595 g/mol. The van der Waals surface area contributed by atoms with Gasteiger partial charge in [-0.1, -0.05) is 104 Å². The van der Waals surface area contributed by atoms with Gasteiger partial charge in [-0.05, 0) is 12.8 Å². The van der Waals surface area contributed by atoms with Crippen LogP contribution in [-0.4, -0.2) is 74.9 Å². The summed E-state index contributed by atoms with van der Waals surface area (Å²) < 4.78 is 33.7. The highest BCUT2D eigenvalue weighted by Crippen LogP contribution is 2.43. The first-order chi connectivity index (χ1) is 19.0. The van der Waals surface area contributed by atoms with Crippen LogP contribution in [0, 0.1) is 0 Å². The van der Waals surface area contributed by atoms with Crippen molar-refractivity contribution in [3.8, 4) is 0 Å². The molecular formula is C30H61NO8P+. The monoisotopic (exact) mass is 594 g/mol. The molecule has 1 N–H and O–H groups in total. The molecular weight excluding hydrogens is 533 g/mol. The van der Waals surface area contributed by atoms with Crippen LogP contribution in [0.25, 0.3) is 0 Å². The van der Waals surface area contributed by atoms with Crippen LogP contribution in [0.1, 0.15) is 129 Å². The zero-order valence-electron chi connectivity index (χ0n) is 26.3. The number of hydrogen-bond acceptors (Lipinski definition) is 7. The van der Waals surface area contributed by atoms with E-state index in [2.05, 4.69) is 13.8 Å². The van der Waals surface area contributed by atoms with Crippen molar-refractivity contribution in [2.24, 2.45) is 0 Å². The predicted molar refractivity (Wildman–Crippen MR) is 160 cm³/mol.